The molecule has 9 aromatic carbocycles. The highest BCUT2D eigenvalue weighted by atomic mass is 15.0. The van der Waals surface area contributed by atoms with E-state index < -0.39 is 0 Å². The summed E-state index contributed by atoms with van der Waals surface area (Å²) >= 11 is 0. The van der Waals surface area contributed by atoms with E-state index in [0.717, 1.165) is 16.9 Å². The van der Waals surface area contributed by atoms with Gasteiger partial charge >= 0.3 is 0 Å². The molecule has 11 aromatic rings. The van der Waals surface area contributed by atoms with Crippen LogP contribution < -0.4 is 0 Å². The van der Waals surface area contributed by atoms with Gasteiger partial charge in [0.05, 0.1) is 22.1 Å². The molecule has 0 aliphatic carbocycles. The lowest BCUT2D eigenvalue weighted by Crippen LogP contribution is -1.98. The van der Waals surface area contributed by atoms with Crippen LogP contribution >= 0.6 is 0 Å². The van der Waals surface area contributed by atoms with Gasteiger partial charge in [0.1, 0.15) is 0 Å². The molecule has 0 radical (unpaired) electrons. The third-order valence-electron chi connectivity index (χ3n) is 11.3. The average Bonchev–Trinajstić information content (AvgIpc) is 3.80. The highest BCUT2D eigenvalue weighted by Gasteiger charge is 2.19. The summed E-state index contributed by atoms with van der Waals surface area (Å²) in [5, 5.41) is 4.99. The van der Waals surface area contributed by atoms with Gasteiger partial charge in [0, 0.05) is 38.5 Å². The van der Waals surface area contributed by atoms with E-state index in [2.05, 4.69) is 228 Å². The topological polar surface area (TPSA) is 9.86 Å². The molecule has 0 spiro atoms. The third kappa shape index (κ3) is 5.26. The number of para-hydroxylation sites is 4. The van der Waals surface area contributed by atoms with Gasteiger partial charge < -0.3 is 9.13 Å². The fourth-order valence-corrected chi connectivity index (χ4v) is 8.73. The zero-order valence-corrected chi connectivity index (χ0v) is 30.7. The van der Waals surface area contributed by atoms with E-state index in [1.165, 1.54) is 82.6 Å². The number of aromatic nitrogens is 2. The van der Waals surface area contributed by atoms with Crippen molar-refractivity contribution in [2.75, 3.05) is 0 Å². The number of rotatable bonds is 6. The Morgan fingerprint density at radius 3 is 1.43 bits per heavy atom. The minimum absolute atomic E-state index is 1.13. The zero-order chi connectivity index (χ0) is 37.0. The maximum Gasteiger partial charge on any atom is 0.0619 e. The molecular formula is C54H36N2. The van der Waals surface area contributed by atoms with Crippen LogP contribution in [0.3, 0.4) is 0 Å². The van der Waals surface area contributed by atoms with Crippen molar-refractivity contribution in [2.24, 2.45) is 0 Å². The van der Waals surface area contributed by atoms with Gasteiger partial charge in [0.2, 0.25) is 0 Å². The first kappa shape index (κ1) is 32.0. The van der Waals surface area contributed by atoms with Gasteiger partial charge in [-0.1, -0.05) is 164 Å². The fourth-order valence-electron chi connectivity index (χ4n) is 8.73. The molecule has 0 N–H and O–H groups in total. The van der Waals surface area contributed by atoms with E-state index in [4.69, 9.17) is 0 Å². The SMILES string of the molecule is c1ccc(-c2cccc(-c3cc(-c4ccc5c6ccccc6n(-c6ccccc6)c5c4)cc(-n4c5ccccc5c5cccc(-c6ccccc6)c54)c3)c2)cc1. The van der Waals surface area contributed by atoms with Crippen LogP contribution in [0.25, 0.3) is 99.5 Å². The van der Waals surface area contributed by atoms with Crippen molar-refractivity contribution in [1.29, 1.82) is 0 Å². The van der Waals surface area contributed by atoms with Crippen LogP contribution in [0.1, 0.15) is 0 Å². The number of hydrogen-bond acceptors (Lipinski definition) is 0. The molecule has 0 amide bonds. The summed E-state index contributed by atoms with van der Waals surface area (Å²) in [6.07, 6.45) is 0. The Hall–Kier alpha value is -7.42. The Bertz CT molecular complexity index is 3220. The van der Waals surface area contributed by atoms with E-state index >= 15 is 0 Å². The summed E-state index contributed by atoms with van der Waals surface area (Å²) in [5.74, 6) is 0. The van der Waals surface area contributed by atoms with Crippen LogP contribution in [0.5, 0.6) is 0 Å². The van der Waals surface area contributed by atoms with Gasteiger partial charge in [-0.3, -0.25) is 0 Å². The molecule has 2 nitrogen and oxygen atoms in total. The highest BCUT2D eigenvalue weighted by molar-refractivity contribution is 6.14. The van der Waals surface area contributed by atoms with E-state index in [-0.39, 0.29) is 0 Å². The molecule has 56 heavy (non-hydrogen) atoms. The Morgan fingerprint density at radius 1 is 0.232 bits per heavy atom. The molecule has 11 rings (SSSR count). The van der Waals surface area contributed by atoms with E-state index in [0.29, 0.717) is 0 Å². The lowest BCUT2D eigenvalue weighted by atomic mass is 9.95. The Balaban J connectivity index is 1.21. The van der Waals surface area contributed by atoms with Crippen LogP contribution in [-0.2, 0) is 0 Å². The second-order valence-corrected chi connectivity index (χ2v) is 14.6. The maximum absolute atomic E-state index is 2.49. The monoisotopic (exact) mass is 712 g/mol. The van der Waals surface area contributed by atoms with Crippen molar-refractivity contribution in [3.63, 3.8) is 0 Å². The first-order chi connectivity index (χ1) is 27.8. The minimum Gasteiger partial charge on any atom is -0.309 e. The lowest BCUT2D eigenvalue weighted by molar-refractivity contribution is 1.18. The van der Waals surface area contributed by atoms with Gasteiger partial charge in [-0.25, -0.2) is 0 Å². The molecular weight excluding hydrogens is 677 g/mol. The first-order valence-corrected chi connectivity index (χ1v) is 19.3. The Kier molecular flexibility index (Phi) is 7.53. The molecule has 0 atom stereocenters. The maximum atomic E-state index is 2.49. The van der Waals surface area contributed by atoms with Crippen LogP contribution in [0.4, 0.5) is 0 Å². The minimum atomic E-state index is 1.13. The summed E-state index contributed by atoms with van der Waals surface area (Å²) in [6.45, 7) is 0. The number of fused-ring (bicyclic) bond motifs is 6. The molecule has 2 heteroatoms. The van der Waals surface area contributed by atoms with Gasteiger partial charge in [-0.15, -0.1) is 0 Å². The normalized spacial score (nSPS) is 11.6. The third-order valence-corrected chi connectivity index (χ3v) is 11.3. The van der Waals surface area contributed by atoms with Crippen LogP contribution in [-0.4, -0.2) is 9.13 Å². The van der Waals surface area contributed by atoms with Crippen molar-refractivity contribution < 1.29 is 0 Å². The van der Waals surface area contributed by atoms with Crippen molar-refractivity contribution in [3.8, 4) is 55.9 Å². The molecule has 0 unspecified atom stereocenters. The molecule has 0 bridgehead atoms. The van der Waals surface area contributed by atoms with Crippen molar-refractivity contribution in [2.45, 2.75) is 0 Å². The number of hydrogen-bond donors (Lipinski definition) is 0. The summed E-state index contributed by atoms with van der Waals surface area (Å²) in [4.78, 5) is 0. The van der Waals surface area contributed by atoms with Crippen molar-refractivity contribution >= 4 is 43.6 Å². The van der Waals surface area contributed by atoms with Gasteiger partial charge in [-0.2, -0.15) is 0 Å². The largest absolute Gasteiger partial charge is 0.309 e. The van der Waals surface area contributed by atoms with Gasteiger partial charge in [0.25, 0.3) is 0 Å². The molecule has 0 aliphatic rings. The standard InChI is InChI=1S/C54H36N2/c1-4-16-37(17-5-1)39-20-14-21-40(32-39)42-33-43(41-30-31-49-47-24-10-12-28-51(47)55(53(49)36-41)44-22-8-3-9-23-44)35-45(34-42)56-52-29-13-11-25-48(52)50-27-15-26-46(54(50)56)38-18-6-2-7-19-38/h1-36H. The summed E-state index contributed by atoms with van der Waals surface area (Å²) < 4.78 is 4.89. The highest BCUT2D eigenvalue weighted by Crippen LogP contribution is 2.41. The summed E-state index contributed by atoms with van der Waals surface area (Å²) in [5.41, 5.74) is 16.6. The molecule has 0 fully saturated rings. The predicted octanol–water partition coefficient (Wildman–Crippen LogP) is 14.5. The van der Waals surface area contributed by atoms with Crippen LogP contribution in [0, 0.1) is 0 Å². The molecule has 2 aromatic heterocycles. The first-order valence-electron chi connectivity index (χ1n) is 19.3. The molecule has 0 saturated heterocycles. The second-order valence-electron chi connectivity index (χ2n) is 14.6. The fraction of sp³-hybridized carbons (Fsp3) is 0. The predicted molar refractivity (Wildman–Crippen MR) is 237 cm³/mol. The lowest BCUT2D eigenvalue weighted by Gasteiger charge is -2.16. The smallest absolute Gasteiger partial charge is 0.0619 e. The van der Waals surface area contributed by atoms with Gasteiger partial charge in [0.15, 0.2) is 0 Å². The zero-order valence-electron chi connectivity index (χ0n) is 30.7. The Morgan fingerprint density at radius 2 is 0.714 bits per heavy atom. The molecule has 2 heterocycles. The van der Waals surface area contributed by atoms with E-state index in [1.807, 2.05) is 0 Å². The summed E-state index contributed by atoms with van der Waals surface area (Å²) in [6, 6.07) is 79.5. The van der Waals surface area contributed by atoms with Crippen LogP contribution in [0.2, 0.25) is 0 Å². The molecule has 0 saturated carbocycles. The van der Waals surface area contributed by atoms with Gasteiger partial charge in [-0.05, 0) is 93.5 Å². The molecule has 0 aliphatic heterocycles. The Labute approximate surface area is 325 Å². The van der Waals surface area contributed by atoms with Crippen molar-refractivity contribution in [3.05, 3.63) is 218 Å². The van der Waals surface area contributed by atoms with E-state index in [9.17, 15) is 0 Å². The van der Waals surface area contributed by atoms with Crippen LogP contribution in [0.15, 0.2) is 218 Å². The van der Waals surface area contributed by atoms with E-state index in [1.54, 1.807) is 0 Å². The number of nitrogens with zero attached hydrogens (tertiary/aromatic N) is 2. The quantitative estimate of drug-likeness (QED) is 0.162. The van der Waals surface area contributed by atoms with Crippen molar-refractivity contribution in [1.82, 2.24) is 9.13 Å². The second kappa shape index (κ2) is 13.2. The number of benzene rings is 9. The summed E-state index contributed by atoms with van der Waals surface area (Å²) in [7, 11) is 0. The molecule has 262 valence electrons. The average molecular weight is 713 g/mol.